The van der Waals surface area contributed by atoms with Gasteiger partial charge in [-0.2, -0.15) is 4.37 Å². The summed E-state index contributed by atoms with van der Waals surface area (Å²) in [6, 6.07) is 0. The number of ketones is 1. The van der Waals surface area contributed by atoms with Crippen LogP contribution in [0.2, 0.25) is 0 Å². The number of hydrogen-bond acceptors (Lipinski definition) is 4. The Hall–Kier alpha value is -0.770. The van der Waals surface area contributed by atoms with E-state index in [-0.39, 0.29) is 11.7 Å². The summed E-state index contributed by atoms with van der Waals surface area (Å²) in [7, 11) is 0. The van der Waals surface area contributed by atoms with Crippen LogP contribution < -0.4 is 0 Å². The normalized spacial score (nSPS) is 12.8. The third-order valence-corrected chi connectivity index (χ3v) is 2.86. The fourth-order valence-corrected chi connectivity index (χ4v) is 2.16. The molecule has 0 bridgehead atoms. The zero-order chi connectivity index (χ0) is 9.84. The lowest BCUT2D eigenvalue weighted by Crippen LogP contribution is -2.07. The van der Waals surface area contributed by atoms with Crippen molar-refractivity contribution in [3.8, 4) is 0 Å². The van der Waals surface area contributed by atoms with Crippen molar-refractivity contribution in [1.82, 2.24) is 9.36 Å². The number of Topliss-reactive ketones (excluding diaryl/α,β-unsaturated/α-hetero) is 1. The molecule has 1 heterocycles. The van der Waals surface area contributed by atoms with Gasteiger partial charge in [-0.05, 0) is 24.9 Å². The molecule has 0 aliphatic rings. The summed E-state index contributed by atoms with van der Waals surface area (Å²) >= 11 is 1.35. The molecular formula is C9H14N2OS. The standard InChI is InChI=1S/C9H14N2OS/c1-4-7(6(3)12)9-10-8(5-2)11-13-9/h7H,4-5H2,1-3H3. The summed E-state index contributed by atoms with van der Waals surface area (Å²) in [6.45, 7) is 5.63. The Morgan fingerprint density at radius 2 is 2.23 bits per heavy atom. The van der Waals surface area contributed by atoms with Gasteiger partial charge in [0.25, 0.3) is 0 Å². The molecule has 0 aliphatic heterocycles. The molecule has 1 aromatic heterocycles. The Kier molecular flexibility index (Phi) is 3.54. The first-order chi connectivity index (χ1) is 6.19. The minimum Gasteiger partial charge on any atom is -0.299 e. The van der Waals surface area contributed by atoms with Crippen LogP contribution in [0.5, 0.6) is 0 Å². The molecule has 1 atom stereocenters. The van der Waals surface area contributed by atoms with Crippen LogP contribution in [0.15, 0.2) is 0 Å². The third kappa shape index (κ3) is 2.34. The number of aromatic nitrogens is 2. The maximum atomic E-state index is 11.2. The van der Waals surface area contributed by atoms with Gasteiger partial charge in [-0.15, -0.1) is 0 Å². The quantitative estimate of drug-likeness (QED) is 0.744. The Morgan fingerprint density at radius 3 is 2.62 bits per heavy atom. The molecule has 3 nitrogen and oxygen atoms in total. The zero-order valence-corrected chi connectivity index (χ0v) is 9.02. The second kappa shape index (κ2) is 4.46. The van der Waals surface area contributed by atoms with Crippen molar-refractivity contribution in [3.05, 3.63) is 10.8 Å². The summed E-state index contributed by atoms with van der Waals surface area (Å²) in [5, 5.41) is 0.867. The topological polar surface area (TPSA) is 42.9 Å². The van der Waals surface area contributed by atoms with Gasteiger partial charge >= 0.3 is 0 Å². The van der Waals surface area contributed by atoms with Crippen LogP contribution >= 0.6 is 11.5 Å². The zero-order valence-electron chi connectivity index (χ0n) is 8.20. The van der Waals surface area contributed by atoms with Crippen molar-refractivity contribution >= 4 is 17.3 Å². The molecule has 0 saturated carbocycles. The van der Waals surface area contributed by atoms with Gasteiger partial charge < -0.3 is 0 Å². The van der Waals surface area contributed by atoms with E-state index < -0.39 is 0 Å². The molecule has 0 radical (unpaired) electrons. The van der Waals surface area contributed by atoms with E-state index in [0.717, 1.165) is 23.7 Å². The number of carbonyl (C=O) groups excluding carboxylic acids is 1. The SMILES string of the molecule is CCc1nsc(C(CC)C(C)=O)n1. The summed E-state index contributed by atoms with van der Waals surface area (Å²) in [6.07, 6.45) is 1.65. The number of carbonyl (C=O) groups is 1. The van der Waals surface area contributed by atoms with Crippen molar-refractivity contribution in [3.63, 3.8) is 0 Å². The molecule has 13 heavy (non-hydrogen) atoms. The summed E-state index contributed by atoms with van der Waals surface area (Å²) < 4.78 is 4.16. The molecule has 1 rings (SSSR count). The lowest BCUT2D eigenvalue weighted by Gasteiger charge is -2.04. The van der Waals surface area contributed by atoms with E-state index in [0.29, 0.717) is 0 Å². The maximum Gasteiger partial charge on any atom is 0.142 e. The summed E-state index contributed by atoms with van der Waals surface area (Å²) in [5.74, 6) is 0.985. The number of hydrogen-bond donors (Lipinski definition) is 0. The first-order valence-corrected chi connectivity index (χ1v) is 5.29. The summed E-state index contributed by atoms with van der Waals surface area (Å²) in [5.41, 5.74) is 0. The number of nitrogens with zero attached hydrogens (tertiary/aromatic N) is 2. The van der Waals surface area contributed by atoms with E-state index in [4.69, 9.17) is 0 Å². The lowest BCUT2D eigenvalue weighted by molar-refractivity contribution is -0.118. The molecule has 0 N–H and O–H groups in total. The van der Waals surface area contributed by atoms with Crippen LogP contribution in [0.3, 0.4) is 0 Å². The van der Waals surface area contributed by atoms with Crippen molar-refractivity contribution in [2.75, 3.05) is 0 Å². The minimum absolute atomic E-state index is 0.0437. The van der Waals surface area contributed by atoms with Gasteiger partial charge in [0.15, 0.2) is 0 Å². The largest absolute Gasteiger partial charge is 0.299 e. The Bertz CT molecular complexity index is 296. The fourth-order valence-electron chi connectivity index (χ4n) is 1.19. The molecule has 0 saturated heterocycles. The predicted molar refractivity (Wildman–Crippen MR) is 53.0 cm³/mol. The van der Waals surface area contributed by atoms with Gasteiger partial charge in [0.2, 0.25) is 0 Å². The average Bonchev–Trinajstić information content (AvgIpc) is 2.53. The molecule has 72 valence electrons. The maximum absolute atomic E-state index is 11.2. The number of rotatable bonds is 4. The second-order valence-electron chi connectivity index (χ2n) is 2.97. The third-order valence-electron chi connectivity index (χ3n) is 2.00. The first kappa shape index (κ1) is 10.3. The second-order valence-corrected chi connectivity index (χ2v) is 3.76. The van der Waals surface area contributed by atoms with Gasteiger partial charge in [-0.1, -0.05) is 13.8 Å². The van der Waals surface area contributed by atoms with Crippen molar-refractivity contribution in [2.45, 2.75) is 39.5 Å². The van der Waals surface area contributed by atoms with Crippen LogP contribution in [0.1, 0.15) is 43.9 Å². The van der Waals surface area contributed by atoms with Crippen LogP contribution in [0, 0.1) is 0 Å². The van der Waals surface area contributed by atoms with E-state index in [1.165, 1.54) is 11.5 Å². The van der Waals surface area contributed by atoms with Crippen LogP contribution in [0.4, 0.5) is 0 Å². The average molecular weight is 198 g/mol. The van der Waals surface area contributed by atoms with Gasteiger partial charge in [0.05, 0.1) is 5.92 Å². The van der Waals surface area contributed by atoms with Crippen LogP contribution in [-0.4, -0.2) is 15.1 Å². The van der Waals surface area contributed by atoms with Gasteiger partial charge in [-0.3, -0.25) is 4.79 Å². The Balaban J connectivity index is 2.85. The molecule has 4 heteroatoms. The highest BCUT2D eigenvalue weighted by atomic mass is 32.1. The summed E-state index contributed by atoms with van der Waals surface area (Å²) in [4.78, 5) is 15.5. The highest BCUT2D eigenvalue weighted by molar-refractivity contribution is 7.05. The molecule has 0 spiro atoms. The van der Waals surface area contributed by atoms with E-state index in [1.54, 1.807) is 6.92 Å². The molecule has 0 fully saturated rings. The van der Waals surface area contributed by atoms with E-state index >= 15 is 0 Å². The molecule has 1 aromatic rings. The highest BCUT2D eigenvalue weighted by Crippen LogP contribution is 2.22. The monoisotopic (exact) mass is 198 g/mol. The lowest BCUT2D eigenvalue weighted by atomic mass is 10.0. The van der Waals surface area contributed by atoms with E-state index in [2.05, 4.69) is 9.36 Å². The first-order valence-electron chi connectivity index (χ1n) is 4.52. The highest BCUT2D eigenvalue weighted by Gasteiger charge is 2.18. The Labute approximate surface area is 82.4 Å². The molecule has 0 aromatic carbocycles. The van der Waals surface area contributed by atoms with Crippen molar-refractivity contribution < 1.29 is 4.79 Å². The molecule has 1 unspecified atom stereocenters. The van der Waals surface area contributed by atoms with E-state index in [9.17, 15) is 4.79 Å². The van der Waals surface area contributed by atoms with Crippen LogP contribution in [0.25, 0.3) is 0 Å². The van der Waals surface area contributed by atoms with Gasteiger partial charge in [-0.25, -0.2) is 4.98 Å². The minimum atomic E-state index is -0.0437. The smallest absolute Gasteiger partial charge is 0.142 e. The fraction of sp³-hybridized carbons (Fsp3) is 0.667. The van der Waals surface area contributed by atoms with E-state index in [1.807, 2.05) is 13.8 Å². The van der Waals surface area contributed by atoms with Gasteiger partial charge in [0.1, 0.15) is 16.6 Å². The number of aryl methyl sites for hydroxylation is 1. The van der Waals surface area contributed by atoms with Crippen molar-refractivity contribution in [1.29, 1.82) is 0 Å². The molecule has 0 aliphatic carbocycles. The predicted octanol–water partition coefficient (Wildman–Crippen LogP) is 2.18. The Morgan fingerprint density at radius 1 is 1.54 bits per heavy atom. The molecule has 0 amide bonds. The molecular weight excluding hydrogens is 184 g/mol. The van der Waals surface area contributed by atoms with Gasteiger partial charge in [0, 0.05) is 6.42 Å². The van der Waals surface area contributed by atoms with Crippen LogP contribution in [-0.2, 0) is 11.2 Å². The van der Waals surface area contributed by atoms with Crippen molar-refractivity contribution in [2.24, 2.45) is 0 Å².